The Morgan fingerprint density at radius 2 is 1.24 bits per heavy atom. The Bertz CT molecular complexity index is 776. The van der Waals surface area contributed by atoms with Crippen molar-refractivity contribution < 1.29 is 9.18 Å². The summed E-state index contributed by atoms with van der Waals surface area (Å²) < 4.78 is 13.4. The third-order valence-electron chi connectivity index (χ3n) is 4.03. The number of rotatable bonds is 6. The Kier molecular flexibility index (Phi) is 5.57. The summed E-state index contributed by atoms with van der Waals surface area (Å²) in [5, 5.41) is 0. The molecule has 0 saturated heterocycles. The summed E-state index contributed by atoms with van der Waals surface area (Å²) in [6.07, 6.45) is 0.192. The largest absolute Gasteiger partial charge is 0.334 e. The van der Waals surface area contributed by atoms with Crippen molar-refractivity contribution in [3.8, 4) is 0 Å². The van der Waals surface area contributed by atoms with Gasteiger partial charge in [0.2, 0.25) is 5.91 Å². The Morgan fingerprint density at radius 1 is 0.720 bits per heavy atom. The van der Waals surface area contributed by atoms with Crippen LogP contribution >= 0.6 is 0 Å². The molecular formula is C22H20FNO. The lowest BCUT2D eigenvalue weighted by Crippen LogP contribution is -2.31. The van der Waals surface area contributed by atoms with Crippen molar-refractivity contribution in [1.82, 2.24) is 4.90 Å². The maximum Gasteiger partial charge on any atom is 0.227 e. The van der Waals surface area contributed by atoms with E-state index in [1.54, 1.807) is 12.1 Å². The summed E-state index contributed by atoms with van der Waals surface area (Å²) in [5.41, 5.74) is 2.84. The van der Waals surface area contributed by atoms with Crippen LogP contribution in [0.3, 0.4) is 0 Å². The normalized spacial score (nSPS) is 10.4. The van der Waals surface area contributed by atoms with Crippen LogP contribution in [0.2, 0.25) is 0 Å². The summed E-state index contributed by atoms with van der Waals surface area (Å²) in [7, 11) is 0. The van der Waals surface area contributed by atoms with Crippen LogP contribution in [-0.2, 0) is 24.3 Å². The molecule has 0 aromatic heterocycles. The molecule has 0 aliphatic heterocycles. The number of halogens is 1. The lowest BCUT2D eigenvalue weighted by Gasteiger charge is -2.23. The van der Waals surface area contributed by atoms with Gasteiger partial charge in [-0.05, 0) is 28.8 Å². The molecule has 0 atom stereocenters. The number of carbonyl (C=O) groups excluding carboxylic acids is 1. The van der Waals surface area contributed by atoms with E-state index in [0.29, 0.717) is 18.7 Å². The van der Waals surface area contributed by atoms with Crippen molar-refractivity contribution in [2.75, 3.05) is 0 Å². The van der Waals surface area contributed by atoms with E-state index in [-0.39, 0.29) is 18.1 Å². The molecule has 0 bridgehead atoms. The number of hydrogen-bond acceptors (Lipinski definition) is 1. The molecule has 0 spiro atoms. The highest BCUT2D eigenvalue weighted by Gasteiger charge is 2.15. The fourth-order valence-electron chi connectivity index (χ4n) is 2.77. The fourth-order valence-corrected chi connectivity index (χ4v) is 2.77. The van der Waals surface area contributed by atoms with Gasteiger partial charge in [0.25, 0.3) is 0 Å². The Balaban J connectivity index is 1.78. The van der Waals surface area contributed by atoms with E-state index in [2.05, 4.69) is 0 Å². The van der Waals surface area contributed by atoms with Crippen LogP contribution in [0.5, 0.6) is 0 Å². The molecule has 3 rings (SSSR count). The van der Waals surface area contributed by atoms with E-state index in [0.717, 1.165) is 11.1 Å². The first-order chi connectivity index (χ1) is 12.2. The van der Waals surface area contributed by atoms with Crippen molar-refractivity contribution in [1.29, 1.82) is 0 Å². The molecule has 3 heteroatoms. The van der Waals surface area contributed by atoms with E-state index in [4.69, 9.17) is 0 Å². The predicted molar refractivity (Wildman–Crippen MR) is 97.2 cm³/mol. The summed E-state index contributed by atoms with van der Waals surface area (Å²) in [5.74, 6) is -0.332. The minimum Gasteiger partial charge on any atom is -0.334 e. The number of hydrogen-bond donors (Lipinski definition) is 0. The molecule has 0 unspecified atom stereocenters. The molecule has 0 aliphatic rings. The molecule has 0 N–H and O–H groups in total. The van der Waals surface area contributed by atoms with Gasteiger partial charge in [0.1, 0.15) is 5.82 Å². The van der Waals surface area contributed by atoms with E-state index in [1.165, 1.54) is 12.1 Å². The van der Waals surface area contributed by atoms with Crippen LogP contribution in [0.25, 0.3) is 0 Å². The molecule has 0 radical (unpaired) electrons. The second kappa shape index (κ2) is 8.25. The van der Waals surface area contributed by atoms with Crippen LogP contribution in [-0.4, -0.2) is 10.8 Å². The van der Waals surface area contributed by atoms with E-state index in [9.17, 15) is 9.18 Å². The minimum atomic E-state index is -0.317. The number of carbonyl (C=O) groups is 1. The van der Waals surface area contributed by atoms with Gasteiger partial charge in [-0.15, -0.1) is 0 Å². The topological polar surface area (TPSA) is 20.3 Å². The van der Waals surface area contributed by atoms with Crippen LogP contribution in [0.15, 0.2) is 84.9 Å². The maximum absolute atomic E-state index is 13.4. The molecule has 1 amide bonds. The highest BCUT2D eigenvalue weighted by molar-refractivity contribution is 5.78. The molecule has 0 fully saturated rings. The van der Waals surface area contributed by atoms with Crippen LogP contribution in [0, 0.1) is 5.82 Å². The summed E-state index contributed by atoms with van der Waals surface area (Å²) in [4.78, 5) is 14.7. The first-order valence-electron chi connectivity index (χ1n) is 8.31. The van der Waals surface area contributed by atoms with Crippen molar-refractivity contribution in [3.05, 3.63) is 107 Å². The molecule has 0 saturated carbocycles. The first-order valence-corrected chi connectivity index (χ1v) is 8.31. The molecule has 3 aromatic carbocycles. The summed E-state index contributed by atoms with van der Waals surface area (Å²) in [6, 6.07) is 26.0. The average molecular weight is 333 g/mol. The first kappa shape index (κ1) is 16.9. The monoisotopic (exact) mass is 333 g/mol. The minimum absolute atomic E-state index is 0.0155. The zero-order chi connectivity index (χ0) is 17.5. The van der Waals surface area contributed by atoms with Crippen LogP contribution in [0.1, 0.15) is 16.7 Å². The van der Waals surface area contributed by atoms with Gasteiger partial charge < -0.3 is 4.90 Å². The van der Waals surface area contributed by atoms with Gasteiger partial charge in [0.05, 0.1) is 6.42 Å². The second-order valence-corrected chi connectivity index (χ2v) is 6.03. The zero-order valence-corrected chi connectivity index (χ0v) is 13.9. The number of amides is 1. The fraction of sp³-hybridized carbons (Fsp3) is 0.136. The predicted octanol–water partition coefficient (Wildman–Crippen LogP) is 4.60. The average Bonchev–Trinajstić information content (AvgIpc) is 2.63. The van der Waals surface area contributed by atoms with Crippen molar-refractivity contribution in [3.63, 3.8) is 0 Å². The van der Waals surface area contributed by atoms with Gasteiger partial charge in [-0.2, -0.15) is 0 Å². The maximum atomic E-state index is 13.4. The van der Waals surface area contributed by atoms with Gasteiger partial charge in [-0.3, -0.25) is 4.79 Å². The third kappa shape index (κ3) is 5.01. The number of nitrogens with zero attached hydrogens (tertiary/aromatic N) is 1. The molecular weight excluding hydrogens is 313 g/mol. The van der Waals surface area contributed by atoms with Crippen molar-refractivity contribution in [2.45, 2.75) is 19.5 Å². The van der Waals surface area contributed by atoms with Gasteiger partial charge in [-0.1, -0.05) is 72.8 Å². The highest BCUT2D eigenvalue weighted by Crippen LogP contribution is 2.13. The number of benzene rings is 3. The Morgan fingerprint density at radius 3 is 1.76 bits per heavy atom. The van der Waals surface area contributed by atoms with Gasteiger partial charge in [0.15, 0.2) is 0 Å². The van der Waals surface area contributed by atoms with E-state index < -0.39 is 0 Å². The Hall–Kier alpha value is -2.94. The van der Waals surface area contributed by atoms with Crippen LogP contribution < -0.4 is 0 Å². The molecule has 0 heterocycles. The van der Waals surface area contributed by atoms with Gasteiger partial charge in [0, 0.05) is 13.1 Å². The molecule has 2 nitrogen and oxygen atoms in total. The highest BCUT2D eigenvalue weighted by atomic mass is 19.1. The van der Waals surface area contributed by atoms with Crippen molar-refractivity contribution in [2.24, 2.45) is 0 Å². The van der Waals surface area contributed by atoms with Crippen LogP contribution in [0.4, 0.5) is 4.39 Å². The molecule has 0 aliphatic carbocycles. The molecule has 25 heavy (non-hydrogen) atoms. The smallest absolute Gasteiger partial charge is 0.227 e. The molecule has 3 aromatic rings. The summed E-state index contributed by atoms with van der Waals surface area (Å²) >= 11 is 0. The zero-order valence-electron chi connectivity index (χ0n) is 13.9. The summed E-state index contributed by atoms with van der Waals surface area (Å²) in [6.45, 7) is 1.06. The van der Waals surface area contributed by atoms with Gasteiger partial charge in [-0.25, -0.2) is 4.39 Å². The lowest BCUT2D eigenvalue weighted by molar-refractivity contribution is -0.131. The molecule has 126 valence electrons. The standard InChI is InChI=1S/C22H20FNO/c23-21-13-7-12-20(14-21)15-22(25)24(16-18-8-3-1-4-9-18)17-19-10-5-2-6-11-19/h1-14H,15-17H2. The van der Waals surface area contributed by atoms with E-state index in [1.807, 2.05) is 65.6 Å². The SMILES string of the molecule is O=C(Cc1cccc(F)c1)N(Cc1ccccc1)Cc1ccccc1. The quantitative estimate of drug-likeness (QED) is 0.646. The second-order valence-electron chi connectivity index (χ2n) is 6.03. The van der Waals surface area contributed by atoms with Crippen molar-refractivity contribution >= 4 is 5.91 Å². The third-order valence-corrected chi connectivity index (χ3v) is 4.03. The van der Waals surface area contributed by atoms with E-state index >= 15 is 0 Å². The lowest BCUT2D eigenvalue weighted by atomic mass is 10.1. The van der Waals surface area contributed by atoms with Gasteiger partial charge >= 0.3 is 0 Å². The Labute approximate surface area is 147 Å².